The van der Waals surface area contributed by atoms with Crippen molar-refractivity contribution in [3.05, 3.63) is 53.7 Å². The van der Waals surface area contributed by atoms with Crippen LogP contribution in [0.1, 0.15) is 17.5 Å². The van der Waals surface area contributed by atoms with Crippen molar-refractivity contribution in [3.8, 4) is 5.75 Å². The van der Waals surface area contributed by atoms with E-state index in [1.54, 1.807) is 0 Å². The number of nitrogens with zero attached hydrogens (tertiary/aromatic N) is 2. The fourth-order valence-electron chi connectivity index (χ4n) is 2.58. The smallest absolute Gasteiger partial charge is 0.417 e. The molecule has 2 aromatic rings. The van der Waals surface area contributed by atoms with E-state index >= 15 is 0 Å². The van der Waals surface area contributed by atoms with Gasteiger partial charge in [0.25, 0.3) is 0 Å². The Labute approximate surface area is 132 Å². The molecule has 3 nitrogen and oxygen atoms in total. The molecular weight excluding hydrogens is 305 g/mol. The maximum absolute atomic E-state index is 12.6. The van der Waals surface area contributed by atoms with E-state index in [1.807, 2.05) is 36.1 Å². The van der Waals surface area contributed by atoms with Gasteiger partial charge < -0.3 is 9.64 Å². The third kappa shape index (κ3) is 3.75. The van der Waals surface area contributed by atoms with Crippen molar-refractivity contribution in [2.24, 2.45) is 0 Å². The van der Waals surface area contributed by atoms with E-state index in [0.717, 1.165) is 31.0 Å². The molecule has 122 valence electrons. The SMILES string of the molecule is Cc1ccc(OC2CCN(c3ccc(C(F)(F)F)cn3)C2)cc1. The molecule has 2 heterocycles. The third-order valence-corrected chi connectivity index (χ3v) is 3.87. The van der Waals surface area contributed by atoms with Crippen molar-refractivity contribution in [1.82, 2.24) is 4.98 Å². The molecule has 0 N–H and O–H groups in total. The molecule has 0 saturated carbocycles. The number of pyridine rings is 1. The lowest BCUT2D eigenvalue weighted by molar-refractivity contribution is -0.137. The zero-order valence-electron chi connectivity index (χ0n) is 12.7. The zero-order chi connectivity index (χ0) is 16.4. The summed E-state index contributed by atoms with van der Waals surface area (Å²) in [5.74, 6) is 1.36. The van der Waals surface area contributed by atoms with Gasteiger partial charge in [0, 0.05) is 19.2 Å². The van der Waals surface area contributed by atoms with Crippen LogP contribution in [0.4, 0.5) is 19.0 Å². The van der Waals surface area contributed by atoms with Crippen LogP contribution in [0.25, 0.3) is 0 Å². The number of rotatable bonds is 3. The lowest BCUT2D eigenvalue weighted by Gasteiger charge is -2.18. The van der Waals surface area contributed by atoms with Crippen molar-refractivity contribution in [3.63, 3.8) is 0 Å². The van der Waals surface area contributed by atoms with E-state index in [1.165, 1.54) is 11.6 Å². The summed E-state index contributed by atoms with van der Waals surface area (Å²) < 4.78 is 43.6. The van der Waals surface area contributed by atoms with Gasteiger partial charge in [-0.25, -0.2) is 4.98 Å². The van der Waals surface area contributed by atoms with Crippen LogP contribution >= 0.6 is 0 Å². The summed E-state index contributed by atoms with van der Waals surface area (Å²) in [6.07, 6.45) is -2.64. The van der Waals surface area contributed by atoms with Gasteiger partial charge in [0.1, 0.15) is 17.7 Å². The largest absolute Gasteiger partial charge is 0.489 e. The summed E-state index contributed by atoms with van der Waals surface area (Å²) in [5.41, 5.74) is 0.437. The molecule has 0 bridgehead atoms. The van der Waals surface area contributed by atoms with E-state index < -0.39 is 11.7 Å². The predicted octanol–water partition coefficient (Wildman–Crippen LogP) is 4.07. The second-order valence-corrected chi connectivity index (χ2v) is 5.69. The quantitative estimate of drug-likeness (QED) is 0.852. The zero-order valence-corrected chi connectivity index (χ0v) is 12.7. The molecule has 0 amide bonds. The van der Waals surface area contributed by atoms with E-state index in [4.69, 9.17) is 4.74 Å². The molecule has 23 heavy (non-hydrogen) atoms. The van der Waals surface area contributed by atoms with Crippen LogP contribution in [-0.2, 0) is 6.18 Å². The van der Waals surface area contributed by atoms with E-state index in [0.29, 0.717) is 12.4 Å². The Morgan fingerprint density at radius 2 is 1.87 bits per heavy atom. The summed E-state index contributed by atoms with van der Waals surface area (Å²) in [5, 5.41) is 0. The molecule has 1 fully saturated rings. The summed E-state index contributed by atoms with van der Waals surface area (Å²) >= 11 is 0. The van der Waals surface area contributed by atoms with Gasteiger partial charge in [-0.15, -0.1) is 0 Å². The summed E-state index contributed by atoms with van der Waals surface area (Å²) in [4.78, 5) is 5.87. The van der Waals surface area contributed by atoms with Crippen LogP contribution in [0.3, 0.4) is 0 Å². The number of anilines is 1. The summed E-state index contributed by atoms with van der Waals surface area (Å²) in [6.45, 7) is 3.35. The summed E-state index contributed by atoms with van der Waals surface area (Å²) in [7, 11) is 0. The van der Waals surface area contributed by atoms with Gasteiger partial charge in [-0.05, 0) is 31.2 Å². The lowest BCUT2D eigenvalue weighted by atomic mass is 10.2. The third-order valence-electron chi connectivity index (χ3n) is 3.87. The highest BCUT2D eigenvalue weighted by Gasteiger charge is 2.31. The minimum absolute atomic E-state index is 0.0156. The van der Waals surface area contributed by atoms with Crippen LogP contribution in [-0.4, -0.2) is 24.2 Å². The molecule has 1 unspecified atom stereocenters. The van der Waals surface area contributed by atoms with Gasteiger partial charge in [-0.2, -0.15) is 13.2 Å². The Hall–Kier alpha value is -2.24. The minimum atomic E-state index is -4.35. The highest BCUT2D eigenvalue weighted by molar-refractivity contribution is 5.41. The number of ether oxygens (including phenoxy) is 1. The minimum Gasteiger partial charge on any atom is -0.489 e. The van der Waals surface area contributed by atoms with Crippen molar-refractivity contribution < 1.29 is 17.9 Å². The van der Waals surface area contributed by atoms with Crippen molar-refractivity contribution in [2.45, 2.75) is 25.6 Å². The average Bonchev–Trinajstić information content (AvgIpc) is 2.97. The Kier molecular flexibility index (Phi) is 4.15. The van der Waals surface area contributed by atoms with Gasteiger partial charge in [0.15, 0.2) is 0 Å². The Morgan fingerprint density at radius 3 is 2.48 bits per heavy atom. The van der Waals surface area contributed by atoms with Gasteiger partial charge in [-0.1, -0.05) is 17.7 Å². The number of alkyl halides is 3. The number of halogens is 3. The molecule has 1 aromatic heterocycles. The monoisotopic (exact) mass is 322 g/mol. The van der Waals surface area contributed by atoms with Crippen LogP contribution in [0.15, 0.2) is 42.6 Å². The van der Waals surface area contributed by atoms with Crippen LogP contribution < -0.4 is 9.64 Å². The van der Waals surface area contributed by atoms with Crippen LogP contribution in [0, 0.1) is 6.92 Å². The molecule has 3 rings (SSSR count). The average molecular weight is 322 g/mol. The number of aryl methyl sites for hydroxylation is 1. The fraction of sp³-hybridized carbons (Fsp3) is 0.353. The first kappa shape index (κ1) is 15.6. The molecule has 1 aliphatic heterocycles. The highest BCUT2D eigenvalue weighted by atomic mass is 19.4. The normalized spacial score (nSPS) is 18.3. The van der Waals surface area contributed by atoms with Crippen molar-refractivity contribution in [1.29, 1.82) is 0 Å². The second-order valence-electron chi connectivity index (χ2n) is 5.69. The molecule has 1 saturated heterocycles. The molecule has 0 aliphatic carbocycles. The molecule has 0 radical (unpaired) electrons. The fourth-order valence-corrected chi connectivity index (χ4v) is 2.58. The predicted molar refractivity (Wildman–Crippen MR) is 81.7 cm³/mol. The van der Waals surface area contributed by atoms with Gasteiger partial charge in [0.05, 0.1) is 12.1 Å². The Morgan fingerprint density at radius 1 is 1.13 bits per heavy atom. The van der Waals surface area contributed by atoms with Crippen LogP contribution in [0.5, 0.6) is 5.75 Å². The van der Waals surface area contributed by atoms with Gasteiger partial charge in [-0.3, -0.25) is 0 Å². The molecule has 1 aliphatic rings. The summed E-state index contributed by atoms with van der Waals surface area (Å²) in [6, 6.07) is 10.3. The number of hydrogen-bond acceptors (Lipinski definition) is 3. The first-order chi connectivity index (χ1) is 10.9. The molecular formula is C17H17F3N2O. The van der Waals surface area contributed by atoms with Gasteiger partial charge >= 0.3 is 6.18 Å². The number of aromatic nitrogens is 1. The standard InChI is InChI=1S/C17H17F3N2O/c1-12-2-5-14(6-3-12)23-15-8-9-22(11-15)16-7-4-13(10-21-16)17(18,19)20/h2-7,10,15H,8-9,11H2,1H3. The number of hydrogen-bond donors (Lipinski definition) is 0. The maximum atomic E-state index is 12.6. The van der Waals surface area contributed by atoms with E-state index in [2.05, 4.69) is 4.98 Å². The Bertz CT molecular complexity index is 653. The first-order valence-corrected chi connectivity index (χ1v) is 7.43. The van der Waals surface area contributed by atoms with E-state index in [-0.39, 0.29) is 6.10 Å². The maximum Gasteiger partial charge on any atom is 0.417 e. The van der Waals surface area contributed by atoms with Crippen molar-refractivity contribution >= 4 is 5.82 Å². The van der Waals surface area contributed by atoms with Gasteiger partial charge in [0.2, 0.25) is 0 Å². The van der Waals surface area contributed by atoms with Crippen LogP contribution in [0.2, 0.25) is 0 Å². The van der Waals surface area contributed by atoms with E-state index in [9.17, 15) is 13.2 Å². The lowest BCUT2D eigenvalue weighted by Crippen LogP contribution is -2.25. The van der Waals surface area contributed by atoms with Crippen molar-refractivity contribution in [2.75, 3.05) is 18.0 Å². The number of benzene rings is 1. The molecule has 0 spiro atoms. The second kappa shape index (κ2) is 6.10. The Balaban J connectivity index is 1.62. The first-order valence-electron chi connectivity index (χ1n) is 7.43. The topological polar surface area (TPSA) is 25.4 Å². The highest BCUT2D eigenvalue weighted by Crippen LogP contribution is 2.30. The molecule has 1 atom stereocenters. The molecule has 6 heteroatoms. The molecule has 1 aromatic carbocycles.